The summed E-state index contributed by atoms with van der Waals surface area (Å²) in [5.74, 6) is 1.27. The number of imidazole rings is 1. The minimum Gasteiger partial charge on any atom is -0.322 e. The van der Waals surface area contributed by atoms with Crippen molar-refractivity contribution in [3.8, 4) is 0 Å². The van der Waals surface area contributed by atoms with Gasteiger partial charge in [-0.25, -0.2) is 4.98 Å². The zero-order chi connectivity index (χ0) is 13.4. The Kier molecular flexibility index (Phi) is 3.33. The van der Waals surface area contributed by atoms with Crippen LogP contribution in [0.1, 0.15) is 11.4 Å². The lowest BCUT2D eigenvalue weighted by molar-refractivity contribution is 0.759. The standard InChI is InChI=1S/C13H12BrClN4/c1-18-7-9(6-16-18)8-19-12-3-2-10(14)4-11(12)17-13(19)5-15/h2-4,6-7H,5,8H2,1H3. The van der Waals surface area contributed by atoms with Gasteiger partial charge in [0.2, 0.25) is 0 Å². The van der Waals surface area contributed by atoms with Crippen LogP contribution in [0.15, 0.2) is 35.1 Å². The van der Waals surface area contributed by atoms with Crippen molar-refractivity contribution in [2.24, 2.45) is 7.05 Å². The molecule has 98 valence electrons. The van der Waals surface area contributed by atoms with Crippen LogP contribution in [0.3, 0.4) is 0 Å². The third-order valence-electron chi connectivity index (χ3n) is 3.01. The number of fused-ring (bicyclic) bond motifs is 1. The number of aryl methyl sites for hydroxylation is 1. The van der Waals surface area contributed by atoms with Gasteiger partial charge in [0.1, 0.15) is 5.82 Å². The van der Waals surface area contributed by atoms with Crippen LogP contribution in [0, 0.1) is 0 Å². The molecule has 0 radical (unpaired) electrons. The van der Waals surface area contributed by atoms with Crippen LogP contribution in [0.2, 0.25) is 0 Å². The van der Waals surface area contributed by atoms with Crippen LogP contribution < -0.4 is 0 Å². The fourth-order valence-corrected chi connectivity index (χ4v) is 2.72. The third-order valence-corrected chi connectivity index (χ3v) is 3.74. The molecule has 0 spiro atoms. The van der Waals surface area contributed by atoms with E-state index in [-0.39, 0.29) is 0 Å². The summed E-state index contributed by atoms with van der Waals surface area (Å²) in [5.41, 5.74) is 3.17. The highest BCUT2D eigenvalue weighted by molar-refractivity contribution is 9.10. The second-order valence-corrected chi connectivity index (χ2v) is 5.59. The van der Waals surface area contributed by atoms with E-state index in [1.807, 2.05) is 31.6 Å². The topological polar surface area (TPSA) is 35.6 Å². The number of halogens is 2. The molecular formula is C13H12BrClN4. The van der Waals surface area contributed by atoms with Gasteiger partial charge in [0.05, 0.1) is 29.7 Å². The summed E-state index contributed by atoms with van der Waals surface area (Å²) >= 11 is 9.46. The van der Waals surface area contributed by atoms with E-state index in [1.165, 1.54) is 0 Å². The third kappa shape index (κ3) is 2.40. The van der Waals surface area contributed by atoms with Crippen LogP contribution in [0.25, 0.3) is 11.0 Å². The molecule has 0 amide bonds. The number of rotatable bonds is 3. The van der Waals surface area contributed by atoms with Crippen molar-refractivity contribution >= 4 is 38.6 Å². The van der Waals surface area contributed by atoms with E-state index in [1.54, 1.807) is 4.68 Å². The van der Waals surface area contributed by atoms with Gasteiger partial charge < -0.3 is 4.57 Å². The Labute approximate surface area is 124 Å². The summed E-state index contributed by atoms with van der Waals surface area (Å²) in [5, 5.41) is 4.19. The van der Waals surface area contributed by atoms with Gasteiger partial charge in [0, 0.05) is 23.3 Å². The largest absolute Gasteiger partial charge is 0.322 e. The zero-order valence-electron chi connectivity index (χ0n) is 10.3. The van der Waals surface area contributed by atoms with Gasteiger partial charge in [-0.15, -0.1) is 11.6 Å². The Bertz CT molecular complexity index is 731. The molecule has 0 saturated carbocycles. The first-order chi connectivity index (χ1) is 9.17. The molecule has 0 aliphatic carbocycles. The Morgan fingerprint density at radius 1 is 1.37 bits per heavy atom. The highest BCUT2D eigenvalue weighted by atomic mass is 79.9. The second kappa shape index (κ2) is 4.98. The minimum atomic E-state index is 0.395. The van der Waals surface area contributed by atoms with Crippen molar-refractivity contribution in [3.63, 3.8) is 0 Å². The van der Waals surface area contributed by atoms with Crippen molar-refractivity contribution in [1.82, 2.24) is 19.3 Å². The smallest absolute Gasteiger partial charge is 0.125 e. The van der Waals surface area contributed by atoms with Crippen molar-refractivity contribution < 1.29 is 0 Å². The molecule has 0 atom stereocenters. The summed E-state index contributed by atoms with van der Waals surface area (Å²) in [6.45, 7) is 0.730. The molecule has 2 heterocycles. The molecule has 3 rings (SSSR count). The average Bonchev–Trinajstić information content (AvgIpc) is 2.94. The van der Waals surface area contributed by atoms with E-state index in [9.17, 15) is 0 Å². The molecule has 4 nitrogen and oxygen atoms in total. The Morgan fingerprint density at radius 2 is 2.21 bits per heavy atom. The van der Waals surface area contributed by atoms with Crippen molar-refractivity contribution in [2.75, 3.05) is 0 Å². The second-order valence-electron chi connectivity index (χ2n) is 4.40. The van der Waals surface area contributed by atoms with Crippen molar-refractivity contribution in [2.45, 2.75) is 12.4 Å². The lowest BCUT2D eigenvalue weighted by Gasteiger charge is -2.05. The van der Waals surface area contributed by atoms with Crippen LogP contribution in [0.5, 0.6) is 0 Å². The number of aromatic nitrogens is 4. The molecule has 0 saturated heterocycles. The molecule has 0 aliphatic heterocycles. The Balaban J connectivity index is 2.10. The van der Waals surface area contributed by atoms with Crippen LogP contribution in [-0.4, -0.2) is 19.3 Å². The predicted octanol–water partition coefficient (Wildman–Crippen LogP) is 3.32. The van der Waals surface area contributed by atoms with E-state index in [0.717, 1.165) is 33.4 Å². The minimum absolute atomic E-state index is 0.395. The molecule has 6 heteroatoms. The van der Waals surface area contributed by atoms with Gasteiger partial charge in [-0.05, 0) is 18.2 Å². The summed E-state index contributed by atoms with van der Waals surface area (Å²) in [4.78, 5) is 4.57. The molecule has 19 heavy (non-hydrogen) atoms. The van der Waals surface area contributed by atoms with Crippen molar-refractivity contribution in [3.05, 3.63) is 46.5 Å². The number of hydrogen-bond acceptors (Lipinski definition) is 2. The average molecular weight is 340 g/mol. The highest BCUT2D eigenvalue weighted by Gasteiger charge is 2.11. The predicted molar refractivity (Wildman–Crippen MR) is 79.3 cm³/mol. The molecule has 2 aromatic heterocycles. The van der Waals surface area contributed by atoms with E-state index < -0.39 is 0 Å². The maximum Gasteiger partial charge on any atom is 0.125 e. The first-order valence-corrected chi connectivity index (χ1v) is 7.18. The first kappa shape index (κ1) is 12.7. The van der Waals surface area contributed by atoms with Gasteiger partial charge >= 0.3 is 0 Å². The highest BCUT2D eigenvalue weighted by Crippen LogP contribution is 2.22. The quantitative estimate of drug-likeness (QED) is 0.686. The molecule has 3 aromatic rings. The van der Waals surface area contributed by atoms with Gasteiger partial charge in [0.15, 0.2) is 0 Å². The molecule has 0 unspecified atom stereocenters. The Morgan fingerprint density at radius 3 is 2.89 bits per heavy atom. The van der Waals surface area contributed by atoms with E-state index in [4.69, 9.17) is 11.6 Å². The van der Waals surface area contributed by atoms with Gasteiger partial charge in [-0.2, -0.15) is 5.10 Å². The lowest BCUT2D eigenvalue weighted by Crippen LogP contribution is -2.03. The first-order valence-electron chi connectivity index (χ1n) is 5.85. The molecule has 0 fully saturated rings. The maximum absolute atomic E-state index is 6.00. The molecule has 0 bridgehead atoms. The van der Waals surface area contributed by atoms with Crippen LogP contribution in [-0.2, 0) is 19.5 Å². The zero-order valence-corrected chi connectivity index (χ0v) is 12.7. The maximum atomic E-state index is 6.00. The van der Waals surface area contributed by atoms with Gasteiger partial charge in [-0.3, -0.25) is 4.68 Å². The number of hydrogen-bond donors (Lipinski definition) is 0. The van der Waals surface area contributed by atoms with Gasteiger partial charge in [-0.1, -0.05) is 15.9 Å². The summed E-state index contributed by atoms with van der Waals surface area (Å²) in [6, 6.07) is 6.08. The van der Waals surface area contributed by atoms with Crippen molar-refractivity contribution in [1.29, 1.82) is 0 Å². The summed E-state index contributed by atoms with van der Waals surface area (Å²) in [7, 11) is 1.91. The number of alkyl halides is 1. The molecule has 0 aliphatic rings. The fraction of sp³-hybridized carbons (Fsp3) is 0.231. The lowest BCUT2D eigenvalue weighted by atomic mass is 10.3. The summed E-state index contributed by atoms with van der Waals surface area (Å²) < 4.78 is 4.95. The molecular weight excluding hydrogens is 328 g/mol. The Hall–Kier alpha value is -1.33. The van der Waals surface area contributed by atoms with Crippen LogP contribution >= 0.6 is 27.5 Å². The molecule has 1 aromatic carbocycles. The summed E-state index contributed by atoms with van der Waals surface area (Å²) in [6.07, 6.45) is 3.87. The van der Waals surface area contributed by atoms with Gasteiger partial charge in [0.25, 0.3) is 0 Å². The number of nitrogens with zero attached hydrogens (tertiary/aromatic N) is 4. The monoisotopic (exact) mass is 338 g/mol. The van der Waals surface area contributed by atoms with E-state index >= 15 is 0 Å². The number of benzene rings is 1. The van der Waals surface area contributed by atoms with E-state index in [0.29, 0.717) is 5.88 Å². The normalized spacial score (nSPS) is 11.3. The SMILES string of the molecule is Cn1cc(Cn2c(CCl)nc3cc(Br)ccc32)cn1. The fourth-order valence-electron chi connectivity index (χ4n) is 2.17. The molecule has 0 N–H and O–H groups in total. The van der Waals surface area contributed by atoms with E-state index in [2.05, 4.69) is 36.6 Å². The van der Waals surface area contributed by atoms with Crippen LogP contribution in [0.4, 0.5) is 0 Å².